The molecule has 0 aromatic heterocycles. The van der Waals surface area contributed by atoms with Gasteiger partial charge in [0.25, 0.3) is 0 Å². The molecule has 0 spiro atoms. The molecule has 2 aromatic rings. The maximum atomic E-state index is 13.0. The quantitative estimate of drug-likeness (QED) is 0.865. The summed E-state index contributed by atoms with van der Waals surface area (Å²) in [6.45, 7) is 0. The number of halogens is 2. The van der Waals surface area contributed by atoms with Crippen molar-refractivity contribution in [1.82, 2.24) is 0 Å². The van der Waals surface area contributed by atoms with Crippen LogP contribution >= 0.6 is 11.6 Å². The first-order valence-electron chi connectivity index (χ1n) is 5.56. The van der Waals surface area contributed by atoms with Crippen molar-refractivity contribution in [1.29, 1.82) is 0 Å². The average molecular weight is 280 g/mol. The molecule has 19 heavy (non-hydrogen) atoms. The van der Waals surface area contributed by atoms with Gasteiger partial charge in [-0.15, -0.1) is 11.6 Å². The molecule has 0 atom stereocenters. The molecule has 0 fully saturated rings. The number of alkyl halides is 1. The fourth-order valence-electron chi connectivity index (χ4n) is 1.47. The third-order valence-corrected chi connectivity index (χ3v) is 2.53. The summed E-state index contributed by atoms with van der Waals surface area (Å²) in [5.74, 6) is 0.234. The third kappa shape index (κ3) is 3.96. The topological polar surface area (TPSA) is 38.3 Å². The van der Waals surface area contributed by atoms with E-state index in [1.165, 1.54) is 12.1 Å². The van der Waals surface area contributed by atoms with Crippen LogP contribution in [0.15, 0.2) is 48.5 Å². The van der Waals surface area contributed by atoms with E-state index in [2.05, 4.69) is 5.32 Å². The zero-order valence-corrected chi connectivity index (χ0v) is 10.7. The Morgan fingerprint density at radius 1 is 1.16 bits per heavy atom. The minimum absolute atomic E-state index is 0.0957. The molecule has 1 amide bonds. The summed E-state index contributed by atoms with van der Waals surface area (Å²) >= 11 is 5.38. The van der Waals surface area contributed by atoms with E-state index < -0.39 is 0 Å². The number of carbonyl (C=O) groups excluding carboxylic acids is 1. The van der Waals surface area contributed by atoms with Gasteiger partial charge >= 0.3 is 0 Å². The molecule has 0 saturated heterocycles. The minimum atomic E-state index is -0.358. The smallest absolute Gasteiger partial charge is 0.239 e. The van der Waals surface area contributed by atoms with Gasteiger partial charge in [0.2, 0.25) is 5.91 Å². The Bertz CT molecular complexity index is 572. The molecule has 2 rings (SSSR count). The summed E-state index contributed by atoms with van der Waals surface area (Å²) in [6, 6.07) is 12.6. The lowest BCUT2D eigenvalue weighted by molar-refractivity contribution is -0.113. The van der Waals surface area contributed by atoms with Gasteiger partial charge in [-0.25, -0.2) is 4.39 Å². The Kier molecular flexibility index (Phi) is 4.36. The van der Waals surface area contributed by atoms with Crippen LogP contribution < -0.4 is 10.1 Å². The molecule has 0 aliphatic rings. The normalized spacial score (nSPS) is 10.0. The van der Waals surface area contributed by atoms with E-state index in [9.17, 15) is 9.18 Å². The van der Waals surface area contributed by atoms with Crippen LogP contribution in [0.5, 0.6) is 11.5 Å². The molecule has 0 aliphatic carbocycles. The van der Waals surface area contributed by atoms with Gasteiger partial charge in [-0.1, -0.05) is 6.07 Å². The van der Waals surface area contributed by atoms with Crippen LogP contribution in [0.1, 0.15) is 0 Å². The minimum Gasteiger partial charge on any atom is -0.457 e. The van der Waals surface area contributed by atoms with Crippen molar-refractivity contribution in [3.8, 4) is 11.5 Å². The largest absolute Gasteiger partial charge is 0.457 e. The maximum absolute atomic E-state index is 13.0. The number of benzene rings is 2. The number of hydrogen-bond donors (Lipinski definition) is 1. The van der Waals surface area contributed by atoms with Crippen molar-refractivity contribution in [2.24, 2.45) is 0 Å². The monoisotopic (exact) mass is 279 g/mol. The first-order chi connectivity index (χ1) is 9.17. The van der Waals surface area contributed by atoms with E-state index in [1.807, 2.05) is 0 Å². The lowest BCUT2D eigenvalue weighted by Crippen LogP contribution is -2.12. The number of ether oxygens (including phenoxy) is 1. The highest BCUT2D eigenvalue weighted by molar-refractivity contribution is 6.29. The number of rotatable bonds is 4. The van der Waals surface area contributed by atoms with Gasteiger partial charge in [0.15, 0.2) is 0 Å². The molecule has 5 heteroatoms. The van der Waals surface area contributed by atoms with Crippen molar-refractivity contribution in [2.75, 3.05) is 11.2 Å². The van der Waals surface area contributed by atoms with E-state index in [0.29, 0.717) is 17.2 Å². The van der Waals surface area contributed by atoms with Crippen molar-refractivity contribution in [3.63, 3.8) is 0 Å². The van der Waals surface area contributed by atoms with Crippen LogP contribution in [0.3, 0.4) is 0 Å². The molecule has 3 nitrogen and oxygen atoms in total. The molecule has 0 unspecified atom stereocenters. The summed E-state index contributed by atoms with van der Waals surface area (Å²) < 4.78 is 18.4. The molecule has 0 saturated carbocycles. The zero-order chi connectivity index (χ0) is 13.7. The van der Waals surface area contributed by atoms with Crippen LogP contribution in [-0.4, -0.2) is 11.8 Å². The molecule has 1 N–H and O–H groups in total. The van der Waals surface area contributed by atoms with Crippen molar-refractivity contribution in [2.45, 2.75) is 0 Å². The van der Waals surface area contributed by atoms with Gasteiger partial charge in [0.05, 0.1) is 0 Å². The van der Waals surface area contributed by atoms with Gasteiger partial charge in [-0.05, 0) is 36.4 Å². The second kappa shape index (κ2) is 6.20. The molecule has 98 valence electrons. The van der Waals surface area contributed by atoms with Crippen LogP contribution in [-0.2, 0) is 4.79 Å². The highest BCUT2D eigenvalue weighted by atomic mass is 35.5. The van der Waals surface area contributed by atoms with E-state index in [4.69, 9.17) is 16.3 Å². The summed E-state index contributed by atoms with van der Waals surface area (Å²) in [5, 5.41) is 2.61. The number of nitrogens with one attached hydrogen (secondary N) is 1. The van der Waals surface area contributed by atoms with E-state index in [-0.39, 0.29) is 17.6 Å². The van der Waals surface area contributed by atoms with Crippen molar-refractivity contribution in [3.05, 3.63) is 54.3 Å². The molecule has 2 aromatic carbocycles. The Morgan fingerprint density at radius 3 is 2.53 bits per heavy atom. The number of carbonyl (C=O) groups is 1. The van der Waals surface area contributed by atoms with E-state index in [1.54, 1.807) is 36.4 Å². The molecule has 0 heterocycles. The molecule has 0 aliphatic heterocycles. The summed E-state index contributed by atoms with van der Waals surface area (Å²) in [4.78, 5) is 11.1. The lowest BCUT2D eigenvalue weighted by Gasteiger charge is -2.07. The lowest BCUT2D eigenvalue weighted by atomic mass is 10.3. The third-order valence-electron chi connectivity index (χ3n) is 2.29. The number of amides is 1. The van der Waals surface area contributed by atoms with Crippen molar-refractivity contribution >= 4 is 23.2 Å². The van der Waals surface area contributed by atoms with Crippen molar-refractivity contribution < 1.29 is 13.9 Å². The second-order valence-electron chi connectivity index (χ2n) is 3.77. The standard InChI is InChI=1S/C14H11ClFNO2/c15-9-14(18)17-11-4-6-12(7-5-11)19-13-3-1-2-10(16)8-13/h1-8H,9H2,(H,17,18). The maximum Gasteiger partial charge on any atom is 0.239 e. The van der Waals surface area contributed by atoms with Crippen LogP contribution in [0, 0.1) is 5.82 Å². The molecule has 0 radical (unpaired) electrons. The fourth-order valence-corrected chi connectivity index (χ4v) is 1.53. The first kappa shape index (κ1) is 13.4. The van der Waals surface area contributed by atoms with Crippen LogP contribution in [0.2, 0.25) is 0 Å². The van der Waals surface area contributed by atoms with Gasteiger partial charge in [-0.2, -0.15) is 0 Å². The zero-order valence-electron chi connectivity index (χ0n) is 9.90. The molecular formula is C14H11ClFNO2. The Balaban J connectivity index is 2.04. The SMILES string of the molecule is O=C(CCl)Nc1ccc(Oc2cccc(F)c2)cc1. The van der Waals surface area contributed by atoms with Gasteiger partial charge in [0.1, 0.15) is 23.2 Å². The summed E-state index contributed by atoms with van der Waals surface area (Å²) in [6.07, 6.45) is 0. The second-order valence-corrected chi connectivity index (χ2v) is 4.03. The van der Waals surface area contributed by atoms with E-state index >= 15 is 0 Å². The Hall–Kier alpha value is -2.07. The summed E-state index contributed by atoms with van der Waals surface area (Å²) in [5.41, 5.74) is 0.622. The molecule has 0 bridgehead atoms. The predicted octanol–water partition coefficient (Wildman–Crippen LogP) is 3.80. The predicted molar refractivity (Wildman–Crippen MR) is 72.3 cm³/mol. The first-order valence-corrected chi connectivity index (χ1v) is 6.10. The molecular weight excluding hydrogens is 269 g/mol. The van der Waals surface area contributed by atoms with Gasteiger partial charge in [0, 0.05) is 11.8 Å². The van der Waals surface area contributed by atoms with E-state index in [0.717, 1.165) is 0 Å². The highest BCUT2D eigenvalue weighted by Gasteiger charge is 2.02. The van der Waals surface area contributed by atoms with Crippen LogP contribution in [0.25, 0.3) is 0 Å². The summed E-state index contributed by atoms with van der Waals surface area (Å²) in [7, 11) is 0. The fraction of sp³-hybridized carbons (Fsp3) is 0.0714. The van der Waals surface area contributed by atoms with Gasteiger partial charge < -0.3 is 10.1 Å². The highest BCUT2D eigenvalue weighted by Crippen LogP contribution is 2.23. The average Bonchev–Trinajstić information content (AvgIpc) is 2.41. The van der Waals surface area contributed by atoms with Crippen LogP contribution in [0.4, 0.5) is 10.1 Å². The van der Waals surface area contributed by atoms with Gasteiger partial charge in [-0.3, -0.25) is 4.79 Å². The Labute approximate surface area is 115 Å². The number of hydrogen-bond acceptors (Lipinski definition) is 2. The Morgan fingerprint density at radius 2 is 1.89 bits per heavy atom. The number of anilines is 1.